The van der Waals surface area contributed by atoms with Crippen LogP contribution in [0.25, 0.3) is 0 Å². The quantitative estimate of drug-likeness (QED) is 0.842. The third-order valence-electron chi connectivity index (χ3n) is 2.98. The fraction of sp³-hybridized carbons (Fsp3) is 0.538. The summed E-state index contributed by atoms with van der Waals surface area (Å²) in [6.45, 7) is 1.48. The number of benzene rings is 1. The molecule has 0 saturated heterocycles. The lowest BCUT2D eigenvalue weighted by Crippen LogP contribution is -2.19. The Balaban J connectivity index is 0.00000162. The third-order valence-corrected chi connectivity index (χ3v) is 2.98. The molecule has 0 aliphatic carbocycles. The zero-order valence-electron chi connectivity index (χ0n) is 11.2. The Hall–Kier alpha value is -0.970. The lowest BCUT2D eigenvalue weighted by molar-refractivity contribution is 0.0471. The second-order valence-electron chi connectivity index (χ2n) is 4.46. The highest BCUT2D eigenvalue weighted by molar-refractivity contribution is 5.85. The van der Waals surface area contributed by atoms with E-state index >= 15 is 0 Å². The summed E-state index contributed by atoms with van der Waals surface area (Å²) in [6, 6.07) is 3.94. The van der Waals surface area contributed by atoms with Gasteiger partial charge in [0.1, 0.15) is 11.5 Å². The minimum absolute atomic E-state index is 0. The van der Waals surface area contributed by atoms with E-state index in [9.17, 15) is 0 Å². The van der Waals surface area contributed by atoms with Gasteiger partial charge in [-0.15, -0.1) is 12.4 Å². The average Bonchev–Trinajstić information content (AvgIpc) is 2.70. The summed E-state index contributed by atoms with van der Waals surface area (Å²) in [5.74, 6) is 1.66. The highest BCUT2D eigenvalue weighted by atomic mass is 35.5. The molecule has 102 valence electrons. The molecule has 2 rings (SSSR count). The van der Waals surface area contributed by atoms with Gasteiger partial charge in [-0.1, -0.05) is 0 Å². The Morgan fingerprint density at radius 2 is 2.00 bits per heavy atom. The highest BCUT2D eigenvalue weighted by Gasteiger charge is 2.27. The second kappa shape index (κ2) is 6.27. The molecule has 0 fully saturated rings. The molecule has 1 aliphatic rings. The van der Waals surface area contributed by atoms with Crippen molar-refractivity contribution in [2.24, 2.45) is 0 Å². The van der Waals surface area contributed by atoms with Gasteiger partial charge in [0.05, 0.1) is 26.9 Å². The molecule has 1 aromatic rings. The molecule has 1 aliphatic heterocycles. The van der Waals surface area contributed by atoms with Crippen LogP contribution in [0.15, 0.2) is 12.1 Å². The summed E-state index contributed by atoms with van der Waals surface area (Å²) in [5.41, 5.74) is 2.31. The number of hydrogen-bond donors (Lipinski definition) is 0. The maximum atomic E-state index is 5.80. The van der Waals surface area contributed by atoms with Crippen molar-refractivity contribution >= 4 is 12.4 Å². The van der Waals surface area contributed by atoms with E-state index in [0.717, 1.165) is 23.6 Å². The highest BCUT2D eigenvalue weighted by Crippen LogP contribution is 2.39. The first-order valence-electron chi connectivity index (χ1n) is 5.66. The van der Waals surface area contributed by atoms with Crippen LogP contribution in [-0.2, 0) is 11.3 Å². The summed E-state index contributed by atoms with van der Waals surface area (Å²) in [5, 5.41) is 0. The lowest BCUT2D eigenvalue weighted by atomic mass is 10.0. The van der Waals surface area contributed by atoms with Gasteiger partial charge in [-0.05, 0) is 25.7 Å². The van der Waals surface area contributed by atoms with Crippen molar-refractivity contribution in [2.75, 3.05) is 34.9 Å². The van der Waals surface area contributed by atoms with Crippen LogP contribution in [0.2, 0.25) is 0 Å². The van der Waals surface area contributed by atoms with Crippen LogP contribution in [0.5, 0.6) is 11.5 Å². The normalized spacial score (nSPS) is 17.3. The second-order valence-corrected chi connectivity index (χ2v) is 4.46. The zero-order chi connectivity index (χ0) is 12.4. The first kappa shape index (κ1) is 15.1. The molecule has 0 saturated carbocycles. The van der Waals surface area contributed by atoms with Gasteiger partial charge in [0.25, 0.3) is 0 Å². The Labute approximate surface area is 114 Å². The zero-order valence-corrected chi connectivity index (χ0v) is 12.0. The van der Waals surface area contributed by atoms with Crippen LogP contribution >= 0.6 is 12.4 Å². The topological polar surface area (TPSA) is 30.9 Å². The largest absolute Gasteiger partial charge is 0.497 e. The van der Waals surface area contributed by atoms with E-state index in [4.69, 9.17) is 14.2 Å². The molecule has 1 unspecified atom stereocenters. The van der Waals surface area contributed by atoms with E-state index in [1.807, 2.05) is 26.2 Å². The number of ether oxygens (including phenoxy) is 3. The molecule has 1 heterocycles. The Morgan fingerprint density at radius 1 is 1.28 bits per heavy atom. The number of rotatable bonds is 4. The maximum absolute atomic E-state index is 5.80. The van der Waals surface area contributed by atoms with Gasteiger partial charge in [-0.3, -0.25) is 0 Å². The standard InChI is InChI=1S/C13H19NO3.ClH/c1-14(2)7-13-10-5-9(15-3)6-12(16-4)11(10)8-17-13;/h5-6,13H,7-8H2,1-4H3;1H. The van der Waals surface area contributed by atoms with Crippen molar-refractivity contribution < 1.29 is 14.2 Å². The fourth-order valence-corrected chi connectivity index (χ4v) is 2.14. The molecule has 1 atom stereocenters. The van der Waals surface area contributed by atoms with Gasteiger partial charge < -0.3 is 19.1 Å². The molecule has 0 amide bonds. The molecule has 5 heteroatoms. The van der Waals surface area contributed by atoms with E-state index in [1.165, 1.54) is 5.56 Å². The van der Waals surface area contributed by atoms with Crippen LogP contribution in [0, 0.1) is 0 Å². The molecule has 0 aromatic heterocycles. The van der Waals surface area contributed by atoms with Crippen LogP contribution < -0.4 is 9.47 Å². The van der Waals surface area contributed by atoms with Gasteiger partial charge in [-0.2, -0.15) is 0 Å². The maximum Gasteiger partial charge on any atom is 0.128 e. The minimum Gasteiger partial charge on any atom is -0.497 e. The van der Waals surface area contributed by atoms with Crippen molar-refractivity contribution in [2.45, 2.75) is 12.7 Å². The summed E-state index contributed by atoms with van der Waals surface area (Å²) in [4.78, 5) is 2.12. The molecule has 4 nitrogen and oxygen atoms in total. The molecular formula is C13H20ClNO3. The van der Waals surface area contributed by atoms with Gasteiger partial charge in [0.15, 0.2) is 0 Å². The van der Waals surface area contributed by atoms with E-state index in [2.05, 4.69) is 4.90 Å². The van der Waals surface area contributed by atoms with Crippen LogP contribution in [-0.4, -0.2) is 39.8 Å². The number of methoxy groups -OCH3 is 2. The molecule has 18 heavy (non-hydrogen) atoms. The predicted molar refractivity (Wildman–Crippen MR) is 72.9 cm³/mol. The van der Waals surface area contributed by atoms with Crippen molar-refractivity contribution in [1.82, 2.24) is 4.90 Å². The van der Waals surface area contributed by atoms with Gasteiger partial charge in [0, 0.05) is 18.2 Å². The van der Waals surface area contributed by atoms with E-state index in [-0.39, 0.29) is 18.5 Å². The molecule has 1 aromatic carbocycles. The lowest BCUT2D eigenvalue weighted by Gasteiger charge is -2.17. The molecule has 0 radical (unpaired) electrons. The van der Waals surface area contributed by atoms with Gasteiger partial charge in [0.2, 0.25) is 0 Å². The fourth-order valence-electron chi connectivity index (χ4n) is 2.14. The Kier molecular flexibility index (Phi) is 5.26. The summed E-state index contributed by atoms with van der Waals surface area (Å²) < 4.78 is 16.5. The average molecular weight is 274 g/mol. The van der Waals surface area contributed by atoms with E-state index < -0.39 is 0 Å². The first-order chi connectivity index (χ1) is 8.15. The van der Waals surface area contributed by atoms with Crippen molar-refractivity contribution in [3.63, 3.8) is 0 Å². The van der Waals surface area contributed by atoms with E-state index in [0.29, 0.717) is 6.61 Å². The van der Waals surface area contributed by atoms with Crippen molar-refractivity contribution in [3.05, 3.63) is 23.3 Å². The Morgan fingerprint density at radius 3 is 2.56 bits per heavy atom. The summed E-state index contributed by atoms with van der Waals surface area (Å²) >= 11 is 0. The van der Waals surface area contributed by atoms with Crippen molar-refractivity contribution in [3.8, 4) is 11.5 Å². The van der Waals surface area contributed by atoms with Crippen LogP contribution in [0.3, 0.4) is 0 Å². The van der Waals surface area contributed by atoms with E-state index in [1.54, 1.807) is 14.2 Å². The van der Waals surface area contributed by atoms with Crippen LogP contribution in [0.4, 0.5) is 0 Å². The predicted octanol–water partition coefficient (Wildman–Crippen LogP) is 2.26. The van der Waals surface area contributed by atoms with Gasteiger partial charge in [-0.25, -0.2) is 0 Å². The third kappa shape index (κ3) is 2.88. The molecule has 0 bridgehead atoms. The molecule has 0 spiro atoms. The number of hydrogen-bond acceptors (Lipinski definition) is 4. The SMILES string of the molecule is COc1cc(OC)c2c(c1)C(CN(C)C)OC2.Cl. The molecular weight excluding hydrogens is 254 g/mol. The van der Waals surface area contributed by atoms with Gasteiger partial charge >= 0.3 is 0 Å². The number of nitrogens with zero attached hydrogens (tertiary/aromatic N) is 1. The number of likely N-dealkylation sites (N-methyl/N-ethyl adjacent to an activating group) is 1. The Bertz CT molecular complexity index is 409. The molecule has 0 N–H and O–H groups in total. The minimum atomic E-state index is 0. The smallest absolute Gasteiger partial charge is 0.128 e. The van der Waals surface area contributed by atoms with Crippen LogP contribution in [0.1, 0.15) is 17.2 Å². The first-order valence-corrected chi connectivity index (χ1v) is 5.66. The summed E-state index contributed by atoms with van der Waals surface area (Å²) in [7, 11) is 7.42. The number of fused-ring (bicyclic) bond motifs is 1. The van der Waals surface area contributed by atoms with Crippen molar-refractivity contribution in [1.29, 1.82) is 0 Å². The number of halogens is 1. The summed E-state index contributed by atoms with van der Waals surface area (Å²) in [6.07, 6.45) is 0.101. The monoisotopic (exact) mass is 273 g/mol.